The summed E-state index contributed by atoms with van der Waals surface area (Å²) < 4.78 is 0. The standard InChI is InChI=1S/C17H22N4O/c1-11-12(2)19-20-16(11)17(22)21-9-14(8-18)15(10-21)13-6-4-3-5-7-13/h3-7,14-15H,8-10,18H2,1-2H3,(H,19,20)/t14-,15+/m1/s1. The van der Waals surface area contributed by atoms with Crippen LogP contribution in [0.5, 0.6) is 0 Å². The zero-order valence-electron chi connectivity index (χ0n) is 13.0. The van der Waals surface area contributed by atoms with Gasteiger partial charge in [0.2, 0.25) is 0 Å². The Morgan fingerprint density at radius 2 is 2.05 bits per heavy atom. The van der Waals surface area contributed by atoms with E-state index in [4.69, 9.17) is 5.73 Å². The highest BCUT2D eigenvalue weighted by molar-refractivity contribution is 5.94. The van der Waals surface area contributed by atoms with Crippen LogP contribution in [0.3, 0.4) is 0 Å². The zero-order valence-corrected chi connectivity index (χ0v) is 13.0. The number of carbonyl (C=O) groups is 1. The molecule has 1 amide bonds. The van der Waals surface area contributed by atoms with E-state index in [-0.39, 0.29) is 5.91 Å². The lowest BCUT2D eigenvalue weighted by molar-refractivity contribution is 0.0780. The van der Waals surface area contributed by atoms with E-state index in [1.807, 2.05) is 36.9 Å². The summed E-state index contributed by atoms with van der Waals surface area (Å²) in [5, 5.41) is 7.05. The molecular formula is C17H22N4O. The minimum atomic E-state index is -0.00117. The van der Waals surface area contributed by atoms with Crippen LogP contribution in [0.2, 0.25) is 0 Å². The molecule has 2 aromatic rings. The minimum absolute atomic E-state index is 0.00117. The second-order valence-corrected chi connectivity index (χ2v) is 6.05. The lowest BCUT2D eigenvalue weighted by Crippen LogP contribution is -2.30. The maximum absolute atomic E-state index is 12.7. The van der Waals surface area contributed by atoms with Crippen molar-refractivity contribution in [1.29, 1.82) is 0 Å². The smallest absolute Gasteiger partial charge is 0.274 e. The van der Waals surface area contributed by atoms with E-state index in [1.165, 1.54) is 5.56 Å². The van der Waals surface area contributed by atoms with Crippen LogP contribution in [0.15, 0.2) is 30.3 Å². The highest BCUT2D eigenvalue weighted by Crippen LogP contribution is 2.32. The molecule has 0 aliphatic carbocycles. The normalized spacial score (nSPS) is 21.3. The summed E-state index contributed by atoms with van der Waals surface area (Å²) in [6, 6.07) is 10.3. The van der Waals surface area contributed by atoms with Crippen molar-refractivity contribution in [2.24, 2.45) is 11.7 Å². The van der Waals surface area contributed by atoms with Gasteiger partial charge in [-0.15, -0.1) is 0 Å². The molecule has 0 spiro atoms. The number of aromatic nitrogens is 2. The fourth-order valence-electron chi connectivity index (χ4n) is 3.20. The van der Waals surface area contributed by atoms with Gasteiger partial charge in [0.15, 0.2) is 5.69 Å². The molecule has 0 unspecified atom stereocenters. The van der Waals surface area contributed by atoms with Crippen LogP contribution >= 0.6 is 0 Å². The van der Waals surface area contributed by atoms with Gasteiger partial charge in [-0.25, -0.2) is 0 Å². The maximum Gasteiger partial charge on any atom is 0.274 e. The molecule has 2 atom stereocenters. The second kappa shape index (κ2) is 5.93. The quantitative estimate of drug-likeness (QED) is 0.908. The van der Waals surface area contributed by atoms with Crippen LogP contribution < -0.4 is 5.73 Å². The summed E-state index contributed by atoms with van der Waals surface area (Å²) >= 11 is 0. The number of nitrogens with one attached hydrogen (secondary N) is 1. The van der Waals surface area contributed by atoms with Crippen molar-refractivity contribution >= 4 is 5.91 Å². The van der Waals surface area contributed by atoms with Gasteiger partial charge in [-0.05, 0) is 31.9 Å². The Morgan fingerprint density at radius 3 is 2.64 bits per heavy atom. The Bertz CT molecular complexity index is 665. The van der Waals surface area contributed by atoms with Crippen molar-refractivity contribution in [3.63, 3.8) is 0 Å². The molecule has 2 heterocycles. The van der Waals surface area contributed by atoms with Gasteiger partial charge < -0.3 is 10.6 Å². The number of rotatable bonds is 3. The van der Waals surface area contributed by atoms with E-state index >= 15 is 0 Å². The van der Waals surface area contributed by atoms with Gasteiger partial charge in [-0.1, -0.05) is 30.3 Å². The van der Waals surface area contributed by atoms with Crippen molar-refractivity contribution in [3.05, 3.63) is 52.8 Å². The van der Waals surface area contributed by atoms with Gasteiger partial charge in [0.1, 0.15) is 0 Å². The Labute approximate surface area is 130 Å². The number of aryl methyl sites for hydroxylation is 1. The number of aromatic amines is 1. The summed E-state index contributed by atoms with van der Waals surface area (Å²) in [6.07, 6.45) is 0. The number of hydrogen-bond acceptors (Lipinski definition) is 3. The van der Waals surface area contributed by atoms with Gasteiger partial charge in [0.05, 0.1) is 0 Å². The van der Waals surface area contributed by atoms with Crippen LogP contribution in [0.25, 0.3) is 0 Å². The molecule has 3 rings (SSSR count). The van der Waals surface area contributed by atoms with E-state index in [0.717, 1.165) is 11.3 Å². The summed E-state index contributed by atoms with van der Waals surface area (Å²) in [5.74, 6) is 0.598. The zero-order chi connectivity index (χ0) is 15.7. The van der Waals surface area contributed by atoms with Gasteiger partial charge in [-0.2, -0.15) is 5.10 Å². The molecule has 0 bridgehead atoms. The van der Waals surface area contributed by atoms with Crippen LogP contribution in [-0.4, -0.2) is 40.6 Å². The molecule has 1 aliphatic heterocycles. The summed E-state index contributed by atoms with van der Waals surface area (Å²) in [6.45, 7) is 5.84. The summed E-state index contributed by atoms with van der Waals surface area (Å²) in [4.78, 5) is 14.6. The van der Waals surface area contributed by atoms with Gasteiger partial charge >= 0.3 is 0 Å². The monoisotopic (exact) mass is 298 g/mol. The van der Waals surface area contributed by atoms with E-state index < -0.39 is 0 Å². The first-order chi connectivity index (χ1) is 10.6. The summed E-state index contributed by atoms with van der Waals surface area (Å²) in [5.41, 5.74) is 9.59. The third-order valence-electron chi connectivity index (χ3n) is 4.71. The first kappa shape index (κ1) is 14.8. The van der Waals surface area contributed by atoms with E-state index in [9.17, 15) is 4.79 Å². The molecule has 5 nitrogen and oxygen atoms in total. The number of benzene rings is 1. The predicted molar refractivity (Wildman–Crippen MR) is 85.7 cm³/mol. The lowest BCUT2D eigenvalue weighted by Gasteiger charge is -2.16. The maximum atomic E-state index is 12.7. The fraction of sp³-hybridized carbons (Fsp3) is 0.412. The number of H-pyrrole nitrogens is 1. The number of nitrogens with two attached hydrogens (primary N) is 1. The average Bonchev–Trinajstić information content (AvgIpc) is 3.12. The fourth-order valence-corrected chi connectivity index (χ4v) is 3.20. The SMILES string of the molecule is Cc1[nH]nc(C(=O)N2C[C@@H](CN)[C@H](c3ccccc3)C2)c1C. The average molecular weight is 298 g/mol. The highest BCUT2D eigenvalue weighted by atomic mass is 16.2. The molecule has 0 radical (unpaired) electrons. The molecule has 5 heteroatoms. The molecular weight excluding hydrogens is 276 g/mol. The molecule has 1 fully saturated rings. The van der Waals surface area contributed by atoms with Crippen LogP contribution in [0.4, 0.5) is 0 Å². The number of likely N-dealkylation sites (tertiary alicyclic amines) is 1. The lowest BCUT2D eigenvalue weighted by atomic mass is 9.89. The first-order valence-corrected chi connectivity index (χ1v) is 7.67. The van der Waals surface area contributed by atoms with Gasteiger partial charge in [-0.3, -0.25) is 9.89 Å². The third kappa shape index (κ3) is 2.52. The van der Waals surface area contributed by atoms with Gasteiger partial charge in [0.25, 0.3) is 5.91 Å². The molecule has 0 saturated carbocycles. The van der Waals surface area contributed by atoms with Crippen molar-refractivity contribution in [2.75, 3.05) is 19.6 Å². The molecule has 1 saturated heterocycles. The van der Waals surface area contributed by atoms with Gasteiger partial charge in [0, 0.05) is 30.3 Å². The van der Waals surface area contributed by atoms with Crippen molar-refractivity contribution in [2.45, 2.75) is 19.8 Å². The number of amides is 1. The van der Waals surface area contributed by atoms with Crippen molar-refractivity contribution in [3.8, 4) is 0 Å². The molecule has 1 aromatic carbocycles. The predicted octanol–water partition coefficient (Wildman–Crippen LogP) is 1.84. The molecule has 3 N–H and O–H groups in total. The Morgan fingerprint density at radius 1 is 1.32 bits per heavy atom. The summed E-state index contributed by atoms with van der Waals surface area (Å²) in [7, 11) is 0. The van der Waals surface area contributed by atoms with Crippen molar-refractivity contribution < 1.29 is 4.79 Å². The van der Waals surface area contributed by atoms with E-state index in [1.54, 1.807) is 0 Å². The highest BCUT2D eigenvalue weighted by Gasteiger charge is 2.36. The molecule has 1 aliphatic rings. The minimum Gasteiger partial charge on any atom is -0.336 e. The molecule has 22 heavy (non-hydrogen) atoms. The number of hydrogen-bond donors (Lipinski definition) is 2. The van der Waals surface area contributed by atoms with E-state index in [2.05, 4.69) is 22.3 Å². The molecule has 116 valence electrons. The van der Waals surface area contributed by atoms with Crippen LogP contribution in [0, 0.1) is 19.8 Å². The van der Waals surface area contributed by atoms with Crippen LogP contribution in [0.1, 0.15) is 33.2 Å². The Balaban J connectivity index is 1.82. The molecule has 1 aromatic heterocycles. The van der Waals surface area contributed by atoms with Crippen LogP contribution in [-0.2, 0) is 0 Å². The number of carbonyl (C=O) groups excluding carboxylic acids is 1. The first-order valence-electron chi connectivity index (χ1n) is 7.67. The Hall–Kier alpha value is -2.14. The second-order valence-electron chi connectivity index (χ2n) is 6.05. The largest absolute Gasteiger partial charge is 0.336 e. The number of nitrogens with zero attached hydrogens (tertiary/aromatic N) is 2. The van der Waals surface area contributed by atoms with Crippen molar-refractivity contribution in [1.82, 2.24) is 15.1 Å². The van der Waals surface area contributed by atoms with E-state index in [0.29, 0.717) is 37.2 Å². The third-order valence-corrected chi connectivity index (χ3v) is 4.71. The Kier molecular flexibility index (Phi) is 3.98. The topological polar surface area (TPSA) is 75.0 Å².